The van der Waals surface area contributed by atoms with Crippen molar-refractivity contribution in [3.63, 3.8) is 0 Å². The second-order valence-electron chi connectivity index (χ2n) is 9.06. The zero-order valence-corrected chi connectivity index (χ0v) is 20.1. The molecule has 0 saturated carbocycles. The lowest BCUT2D eigenvalue weighted by molar-refractivity contribution is -0.125. The molecule has 0 aliphatic rings. The minimum atomic E-state index is -0.391. The van der Waals surface area contributed by atoms with Crippen LogP contribution in [0.4, 0.5) is 11.5 Å². The molecular formula is C26H27ClN4O3. The number of halogens is 1. The summed E-state index contributed by atoms with van der Waals surface area (Å²) in [6.07, 6.45) is 3.71. The normalized spacial score (nSPS) is 11.6. The quantitative estimate of drug-likeness (QED) is 0.334. The highest BCUT2D eigenvalue weighted by atomic mass is 35.5. The number of benzene rings is 2. The largest absolute Gasteiger partial charge is 0.456 e. The zero-order chi connectivity index (χ0) is 24.3. The van der Waals surface area contributed by atoms with E-state index in [1.165, 1.54) is 6.33 Å². The standard InChI is InChI=1S/C26H27ClN4O3/c1-26(2,3)23(33)14-17-5-4-6-19(13-17)34-22-8-7-18(15-20(22)27)30-25-24-21(28-16-29-25)9-10-31(24)11-12-32/h4-10,13,15-16,32H,11-12,14H2,1-3H3,(H,28,29,30). The maximum Gasteiger partial charge on any atom is 0.158 e. The number of aliphatic hydroxyl groups is 1. The van der Waals surface area contributed by atoms with Gasteiger partial charge in [-0.1, -0.05) is 44.5 Å². The number of Topliss-reactive ketones (excluding diaryl/α,β-unsaturated/α-hetero) is 1. The fourth-order valence-corrected chi connectivity index (χ4v) is 3.73. The number of fused-ring (bicyclic) bond motifs is 1. The Bertz CT molecular complexity index is 1330. The summed E-state index contributed by atoms with van der Waals surface area (Å²) in [5, 5.41) is 13.0. The second-order valence-corrected chi connectivity index (χ2v) is 9.47. The lowest BCUT2D eigenvalue weighted by Gasteiger charge is -2.17. The summed E-state index contributed by atoms with van der Waals surface area (Å²) in [5.41, 5.74) is 2.82. The Labute approximate surface area is 203 Å². The lowest BCUT2D eigenvalue weighted by atomic mass is 9.87. The van der Waals surface area contributed by atoms with Crippen molar-refractivity contribution in [2.45, 2.75) is 33.7 Å². The van der Waals surface area contributed by atoms with Crippen LogP contribution >= 0.6 is 11.6 Å². The van der Waals surface area contributed by atoms with E-state index in [1.54, 1.807) is 12.1 Å². The number of hydrogen-bond donors (Lipinski definition) is 2. The Morgan fingerprint density at radius 1 is 1.15 bits per heavy atom. The van der Waals surface area contributed by atoms with Crippen molar-refractivity contribution in [2.75, 3.05) is 11.9 Å². The first-order chi connectivity index (χ1) is 16.2. The average Bonchev–Trinajstić information content (AvgIpc) is 3.19. The monoisotopic (exact) mass is 478 g/mol. The van der Waals surface area contributed by atoms with Crippen molar-refractivity contribution in [2.24, 2.45) is 5.41 Å². The summed E-state index contributed by atoms with van der Waals surface area (Å²) in [6, 6.07) is 14.7. The van der Waals surface area contributed by atoms with Crippen LogP contribution in [0.25, 0.3) is 11.0 Å². The lowest BCUT2D eigenvalue weighted by Crippen LogP contribution is -2.22. The summed E-state index contributed by atoms with van der Waals surface area (Å²) in [7, 11) is 0. The van der Waals surface area contributed by atoms with Crippen molar-refractivity contribution in [3.05, 3.63) is 71.6 Å². The minimum absolute atomic E-state index is 0.0154. The number of aliphatic hydroxyl groups excluding tert-OH is 1. The third-order valence-corrected chi connectivity index (χ3v) is 5.71. The molecule has 34 heavy (non-hydrogen) atoms. The van der Waals surface area contributed by atoms with E-state index in [-0.39, 0.29) is 12.4 Å². The van der Waals surface area contributed by atoms with Crippen LogP contribution in [0, 0.1) is 5.41 Å². The minimum Gasteiger partial charge on any atom is -0.456 e. The number of carbonyl (C=O) groups excluding carboxylic acids is 1. The first kappa shape index (κ1) is 23.7. The van der Waals surface area contributed by atoms with Gasteiger partial charge in [-0.3, -0.25) is 4.79 Å². The molecule has 0 aliphatic heterocycles. The van der Waals surface area contributed by atoms with Crippen molar-refractivity contribution in [3.8, 4) is 11.5 Å². The van der Waals surface area contributed by atoms with Crippen LogP contribution in [-0.4, -0.2) is 32.0 Å². The van der Waals surface area contributed by atoms with E-state index in [0.29, 0.717) is 35.3 Å². The molecule has 0 radical (unpaired) electrons. The number of ketones is 1. The van der Waals surface area contributed by atoms with Crippen molar-refractivity contribution >= 4 is 39.9 Å². The Morgan fingerprint density at radius 3 is 2.71 bits per heavy atom. The first-order valence-electron chi connectivity index (χ1n) is 11.0. The molecule has 0 aliphatic carbocycles. The van der Waals surface area contributed by atoms with Gasteiger partial charge < -0.3 is 19.7 Å². The van der Waals surface area contributed by atoms with E-state index in [9.17, 15) is 9.90 Å². The van der Waals surface area contributed by atoms with Gasteiger partial charge in [-0.05, 0) is 42.0 Å². The van der Waals surface area contributed by atoms with Crippen LogP contribution < -0.4 is 10.1 Å². The van der Waals surface area contributed by atoms with Crippen LogP contribution in [0.1, 0.15) is 26.3 Å². The molecule has 0 amide bonds. The molecule has 0 bridgehead atoms. The van der Waals surface area contributed by atoms with E-state index in [1.807, 2.05) is 67.9 Å². The Hall–Kier alpha value is -3.42. The summed E-state index contributed by atoms with van der Waals surface area (Å²) in [6.45, 7) is 6.21. The van der Waals surface area contributed by atoms with Gasteiger partial charge in [-0.2, -0.15) is 0 Å². The number of rotatable bonds is 8. The maximum atomic E-state index is 12.4. The molecule has 0 saturated heterocycles. The van der Waals surface area contributed by atoms with Gasteiger partial charge in [0.15, 0.2) is 5.82 Å². The van der Waals surface area contributed by atoms with Crippen LogP contribution in [0.3, 0.4) is 0 Å². The van der Waals surface area contributed by atoms with Gasteiger partial charge in [0.05, 0.1) is 17.1 Å². The van der Waals surface area contributed by atoms with Crippen molar-refractivity contribution in [1.82, 2.24) is 14.5 Å². The molecule has 176 valence electrons. The zero-order valence-electron chi connectivity index (χ0n) is 19.4. The summed E-state index contributed by atoms with van der Waals surface area (Å²) in [4.78, 5) is 21.0. The highest BCUT2D eigenvalue weighted by Crippen LogP contribution is 2.34. The predicted molar refractivity (Wildman–Crippen MR) is 134 cm³/mol. The Balaban J connectivity index is 1.52. The molecule has 0 atom stereocenters. The third-order valence-electron chi connectivity index (χ3n) is 5.41. The smallest absolute Gasteiger partial charge is 0.158 e. The molecule has 4 rings (SSSR count). The summed E-state index contributed by atoms with van der Waals surface area (Å²) < 4.78 is 7.90. The number of anilines is 2. The number of ether oxygens (including phenoxy) is 1. The molecule has 0 fully saturated rings. The fourth-order valence-electron chi connectivity index (χ4n) is 3.51. The summed E-state index contributed by atoms with van der Waals surface area (Å²) >= 11 is 6.52. The van der Waals surface area contributed by atoms with E-state index in [0.717, 1.165) is 22.3 Å². The van der Waals surface area contributed by atoms with Crippen LogP contribution in [0.5, 0.6) is 11.5 Å². The van der Waals surface area contributed by atoms with Crippen LogP contribution in [0.15, 0.2) is 61.1 Å². The first-order valence-corrected chi connectivity index (χ1v) is 11.4. The molecule has 2 heterocycles. The molecule has 2 aromatic heterocycles. The van der Waals surface area contributed by atoms with Crippen molar-refractivity contribution < 1.29 is 14.6 Å². The van der Waals surface area contributed by atoms with Crippen LogP contribution in [0.2, 0.25) is 5.02 Å². The summed E-state index contributed by atoms with van der Waals surface area (Å²) in [5.74, 6) is 1.90. The van der Waals surface area contributed by atoms with Crippen LogP contribution in [-0.2, 0) is 17.8 Å². The molecule has 8 heteroatoms. The fraction of sp³-hybridized carbons (Fsp3) is 0.269. The van der Waals surface area contributed by atoms with Gasteiger partial charge in [0.25, 0.3) is 0 Å². The molecule has 4 aromatic rings. The van der Waals surface area contributed by atoms with Gasteiger partial charge in [0.2, 0.25) is 0 Å². The highest BCUT2D eigenvalue weighted by molar-refractivity contribution is 6.32. The third kappa shape index (κ3) is 5.38. The van der Waals surface area contributed by atoms with E-state index in [4.69, 9.17) is 16.3 Å². The second kappa shape index (κ2) is 9.83. The number of carbonyl (C=O) groups is 1. The average molecular weight is 479 g/mol. The SMILES string of the molecule is CC(C)(C)C(=O)Cc1cccc(Oc2ccc(Nc3ncnc4ccn(CCO)c34)cc2Cl)c1. The van der Waals surface area contributed by atoms with E-state index < -0.39 is 5.41 Å². The van der Waals surface area contributed by atoms with Gasteiger partial charge in [0.1, 0.15) is 29.1 Å². The van der Waals surface area contributed by atoms with Crippen molar-refractivity contribution in [1.29, 1.82) is 0 Å². The molecule has 0 unspecified atom stereocenters. The van der Waals surface area contributed by atoms with E-state index in [2.05, 4.69) is 15.3 Å². The number of nitrogens with zero attached hydrogens (tertiary/aromatic N) is 3. The molecular weight excluding hydrogens is 452 g/mol. The number of nitrogens with one attached hydrogen (secondary N) is 1. The predicted octanol–water partition coefficient (Wildman–Crippen LogP) is 5.77. The Kier molecular flexibility index (Phi) is 6.86. The topological polar surface area (TPSA) is 89.3 Å². The highest BCUT2D eigenvalue weighted by Gasteiger charge is 2.21. The van der Waals surface area contributed by atoms with Gasteiger partial charge in [-0.25, -0.2) is 9.97 Å². The molecule has 0 spiro atoms. The molecule has 2 N–H and O–H groups in total. The van der Waals surface area contributed by atoms with E-state index >= 15 is 0 Å². The van der Waals surface area contributed by atoms with Gasteiger partial charge >= 0.3 is 0 Å². The maximum absolute atomic E-state index is 12.4. The molecule has 2 aromatic carbocycles. The number of hydrogen-bond acceptors (Lipinski definition) is 6. The van der Waals surface area contributed by atoms with Gasteiger partial charge in [-0.15, -0.1) is 0 Å². The number of aromatic nitrogens is 3. The Morgan fingerprint density at radius 2 is 1.97 bits per heavy atom. The molecule has 7 nitrogen and oxygen atoms in total. The van der Waals surface area contributed by atoms with Gasteiger partial charge in [0, 0.05) is 30.3 Å².